The molecule has 34 heavy (non-hydrogen) atoms. The molecule has 1 saturated carbocycles. The summed E-state index contributed by atoms with van der Waals surface area (Å²) < 4.78 is 40.0. The second-order valence-corrected chi connectivity index (χ2v) is 11.0. The summed E-state index contributed by atoms with van der Waals surface area (Å²) in [4.78, 5) is 26.2. The second-order valence-electron chi connectivity index (χ2n) is 8.33. The van der Waals surface area contributed by atoms with Gasteiger partial charge in [0.1, 0.15) is 16.9 Å². The van der Waals surface area contributed by atoms with Gasteiger partial charge in [-0.1, -0.05) is 35.2 Å². The molecule has 7 nitrogen and oxygen atoms in total. The number of ether oxygens (including phenoxy) is 1. The molecule has 3 aromatic rings. The number of aryl methyl sites for hydroxylation is 1. The third-order valence-corrected chi connectivity index (χ3v) is 8.34. The number of carbonyl (C=O) groups is 2. The first-order chi connectivity index (χ1) is 16.2. The Morgan fingerprint density at radius 3 is 2.41 bits per heavy atom. The molecule has 0 bridgehead atoms. The molecule has 1 heterocycles. The van der Waals surface area contributed by atoms with Gasteiger partial charge in [0, 0.05) is 15.8 Å². The number of hydrogen-bond donors (Lipinski definition) is 0. The van der Waals surface area contributed by atoms with Gasteiger partial charge >= 0.3 is 5.97 Å². The number of amides is 1. The lowest BCUT2D eigenvalue weighted by atomic mass is 9.88. The topological polar surface area (TPSA) is 93.9 Å². The summed E-state index contributed by atoms with van der Waals surface area (Å²) in [6, 6.07) is 10.8. The third kappa shape index (κ3) is 4.63. The van der Waals surface area contributed by atoms with Crippen molar-refractivity contribution in [3.63, 3.8) is 0 Å². The van der Waals surface area contributed by atoms with Crippen molar-refractivity contribution < 1.29 is 27.2 Å². The molecule has 1 amide bonds. The van der Waals surface area contributed by atoms with Crippen LogP contribution in [0.4, 0.5) is 5.69 Å². The first-order valence-electron chi connectivity index (χ1n) is 11.3. The summed E-state index contributed by atoms with van der Waals surface area (Å²) in [6.07, 6.45) is 4.09. The number of sulfonamides is 1. The van der Waals surface area contributed by atoms with E-state index in [1.165, 1.54) is 24.3 Å². The van der Waals surface area contributed by atoms with Crippen molar-refractivity contribution in [1.29, 1.82) is 0 Å². The Morgan fingerprint density at radius 2 is 1.76 bits per heavy atom. The van der Waals surface area contributed by atoms with Gasteiger partial charge in [0.2, 0.25) is 5.91 Å². The van der Waals surface area contributed by atoms with Crippen LogP contribution >= 0.6 is 15.9 Å². The van der Waals surface area contributed by atoms with E-state index in [1.807, 2.05) is 0 Å². The second kappa shape index (κ2) is 9.92. The van der Waals surface area contributed by atoms with Crippen molar-refractivity contribution >= 4 is 54.5 Å². The highest BCUT2D eigenvalue weighted by Crippen LogP contribution is 2.35. The highest BCUT2D eigenvalue weighted by atomic mass is 79.9. The molecule has 9 heteroatoms. The van der Waals surface area contributed by atoms with Gasteiger partial charge in [0.05, 0.1) is 17.2 Å². The molecule has 0 spiro atoms. The maximum absolute atomic E-state index is 13.8. The average molecular weight is 548 g/mol. The van der Waals surface area contributed by atoms with E-state index in [9.17, 15) is 18.0 Å². The first kappa shape index (κ1) is 24.5. The van der Waals surface area contributed by atoms with Crippen LogP contribution in [0.5, 0.6) is 0 Å². The van der Waals surface area contributed by atoms with Gasteiger partial charge < -0.3 is 9.15 Å². The van der Waals surface area contributed by atoms with Crippen LogP contribution in [-0.4, -0.2) is 26.9 Å². The van der Waals surface area contributed by atoms with Crippen LogP contribution < -0.4 is 4.31 Å². The van der Waals surface area contributed by atoms with Gasteiger partial charge in [0.15, 0.2) is 0 Å². The van der Waals surface area contributed by atoms with Crippen molar-refractivity contribution in [2.45, 2.75) is 50.8 Å². The van der Waals surface area contributed by atoms with E-state index < -0.39 is 21.9 Å². The van der Waals surface area contributed by atoms with E-state index in [-0.39, 0.29) is 28.7 Å². The van der Waals surface area contributed by atoms with Crippen LogP contribution in [0, 0.1) is 12.8 Å². The predicted octanol–water partition coefficient (Wildman–Crippen LogP) is 5.98. The van der Waals surface area contributed by atoms with E-state index in [1.54, 1.807) is 32.0 Å². The van der Waals surface area contributed by atoms with Crippen LogP contribution in [0.2, 0.25) is 0 Å². The molecule has 4 rings (SSSR count). The smallest absolute Gasteiger partial charge is 0.342 e. The van der Waals surface area contributed by atoms with Gasteiger partial charge in [0.25, 0.3) is 10.0 Å². The Balaban J connectivity index is 1.87. The van der Waals surface area contributed by atoms with E-state index in [4.69, 9.17) is 9.15 Å². The van der Waals surface area contributed by atoms with Crippen LogP contribution in [0.1, 0.15) is 55.1 Å². The fourth-order valence-electron chi connectivity index (χ4n) is 4.40. The number of anilines is 1. The average Bonchev–Trinajstić information content (AvgIpc) is 3.15. The van der Waals surface area contributed by atoms with Gasteiger partial charge in [-0.25, -0.2) is 17.5 Å². The van der Waals surface area contributed by atoms with Crippen molar-refractivity contribution in [3.05, 3.63) is 58.3 Å². The van der Waals surface area contributed by atoms with Crippen LogP contribution in [-0.2, 0) is 19.6 Å². The van der Waals surface area contributed by atoms with Gasteiger partial charge in [-0.2, -0.15) is 0 Å². The molecule has 180 valence electrons. The lowest BCUT2D eigenvalue weighted by Gasteiger charge is -2.29. The summed E-state index contributed by atoms with van der Waals surface area (Å²) in [5.41, 5.74) is 0.803. The molecular weight excluding hydrogens is 522 g/mol. The fourth-order valence-corrected chi connectivity index (χ4v) is 6.14. The van der Waals surface area contributed by atoms with Crippen LogP contribution in [0.25, 0.3) is 11.0 Å². The molecular formula is C25H26BrNO6S. The third-order valence-electron chi connectivity index (χ3n) is 6.07. The molecule has 1 fully saturated rings. The molecule has 0 saturated heterocycles. The Hall–Kier alpha value is -2.65. The van der Waals surface area contributed by atoms with Crippen molar-refractivity contribution in [1.82, 2.24) is 0 Å². The Labute approximate surface area is 207 Å². The van der Waals surface area contributed by atoms with Gasteiger partial charge in [-0.15, -0.1) is 0 Å². The van der Waals surface area contributed by atoms with Crippen LogP contribution in [0.15, 0.2) is 56.2 Å². The van der Waals surface area contributed by atoms with Gasteiger partial charge in [-0.05, 0) is 69.2 Å². The predicted molar refractivity (Wildman–Crippen MR) is 132 cm³/mol. The highest BCUT2D eigenvalue weighted by molar-refractivity contribution is 9.10. The minimum absolute atomic E-state index is 0.00828. The Kier molecular flexibility index (Phi) is 7.14. The lowest BCUT2D eigenvalue weighted by Crippen LogP contribution is -2.41. The summed E-state index contributed by atoms with van der Waals surface area (Å²) in [6.45, 7) is 3.54. The van der Waals surface area contributed by atoms with Crippen LogP contribution in [0.3, 0.4) is 0 Å². The summed E-state index contributed by atoms with van der Waals surface area (Å²) in [5, 5.41) is 0.404. The number of hydrogen-bond acceptors (Lipinski definition) is 6. The minimum atomic E-state index is -4.21. The molecule has 0 aliphatic heterocycles. The SMILES string of the molecule is CCOC(=O)c1c(C)oc2ccc(N(C(=O)C3CCCCC3)S(=O)(=O)c3ccc(Br)cc3)cc12. The number of rotatable bonds is 6. The molecule has 2 aromatic carbocycles. The van der Waals surface area contributed by atoms with Crippen molar-refractivity contribution in [3.8, 4) is 0 Å². The van der Waals surface area contributed by atoms with E-state index >= 15 is 0 Å². The number of furan rings is 1. The van der Waals surface area contributed by atoms with E-state index in [2.05, 4.69) is 15.9 Å². The first-order valence-corrected chi connectivity index (χ1v) is 13.5. The maximum Gasteiger partial charge on any atom is 0.342 e. The van der Waals surface area contributed by atoms with E-state index in [0.717, 1.165) is 28.0 Å². The molecule has 0 N–H and O–H groups in total. The molecule has 1 aliphatic carbocycles. The number of nitrogens with zero attached hydrogens (tertiary/aromatic N) is 1. The normalized spacial score (nSPS) is 14.8. The fraction of sp³-hybridized carbons (Fsp3) is 0.360. The zero-order valence-electron chi connectivity index (χ0n) is 19.0. The zero-order chi connectivity index (χ0) is 24.5. The standard InChI is InChI=1S/C25H26BrNO6S/c1-3-32-25(29)23-16(2)33-22-14-11-19(15-21(22)23)27(24(28)17-7-5-4-6-8-17)34(30,31)20-12-9-18(26)10-13-20/h9-15,17H,3-8H2,1-2H3. The number of halogens is 1. The zero-order valence-corrected chi connectivity index (χ0v) is 21.4. The number of benzene rings is 2. The van der Waals surface area contributed by atoms with E-state index in [0.29, 0.717) is 29.6 Å². The summed E-state index contributed by atoms with van der Waals surface area (Å²) in [5.74, 6) is -1.03. The highest BCUT2D eigenvalue weighted by Gasteiger charge is 2.36. The van der Waals surface area contributed by atoms with Crippen molar-refractivity contribution in [2.75, 3.05) is 10.9 Å². The number of carbonyl (C=O) groups excluding carboxylic acids is 2. The molecule has 0 unspecified atom stereocenters. The Morgan fingerprint density at radius 1 is 1.09 bits per heavy atom. The molecule has 1 aromatic heterocycles. The largest absolute Gasteiger partial charge is 0.462 e. The monoisotopic (exact) mass is 547 g/mol. The summed E-state index contributed by atoms with van der Waals surface area (Å²) in [7, 11) is -4.21. The number of fused-ring (bicyclic) bond motifs is 1. The lowest BCUT2D eigenvalue weighted by molar-refractivity contribution is -0.122. The Bertz CT molecular complexity index is 1320. The molecule has 1 aliphatic rings. The molecule has 0 radical (unpaired) electrons. The summed E-state index contributed by atoms with van der Waals surface area (Å²) >= 11 is 3.32. The van der Waals surface area contributed by atoms with Crippen molar-refractivity contribution in [2.24, 2.45) is 5.92 Å². The number of esters is 1. The van der Waals surface area contributed by atoms with Gasteiger partial charge in [-0.3, -0.25) is 4.79 Å². The maximum atomic E-state index is 13.8. The quantitative estimate of drug-likeness (QED) is 0.352. The minimum Gasteiger partial charge on any atom is -0.462 e. The molecule has 0 atom stereocenters.